The van der Waals surface area contributed by atoms with Crippen molar-refractivity contribution in [2.75, 3.05) is 26.7 Å². The standard InChI is InChI=1S/C27H36N6O3.C2H6/c1-5-30-27(35)32-14-12-20-16-23(36-4)22(15-21(20)17-32)26(34)31-19(3)10-8-9-18(2)25(29)33-13-7-6-11-24(33)28;1-2/h8-10,15-16,28-29H,3,5-7,11-14,17H2,1-2,4H3,(H,30,35)(H,31,34);1-2H3/b10-8-,18-9+,28-24?,29-25?;. The number of piperidine rings is 1. The second-order valence-corrected chi connectivity index (χ2v) is 8.92. The normalized spacial score (nSPS) is 15.3. The molecule has 1 aromatic carbocycles. The summed E-state index contributed by atoms with van der Waals surface area (Å²) < 4.78 is 5.48. The van der Waals surface area contributed by atoms with E-state index in [1.165, 1.54) is 7.11 Å². The second kappa shape index (κ2) is 14.8. The highest BCUT2D eigenvalue weighted by molar-refractivity contribution is 6.06. The van der Waals surface area contributed by atoms with Crippen molar-refractivity contribution in [2.24, 2.45) is 0 Å². The molecule has 0 spiro atoms. The fourth-order valence-electron chi connectivity index (χ4n) is 4.30. The molecule has 0 aromatic heterocycles. The number of carbonyl (C=O) groups excluding carboxylic acids is 2. The molecule has 3 rings (SSSR count). The molecule has 0 unspecified atom stereocenters. The predicted octanol–water partition coefficient (Wildman–Crippen LogP) is 5.00. The molecular weight excluding hydrogens is 480 g/mol. The maximum Gasteiger partial charge on any atom is 0.317 e. The first-order chi connectivity index (χ1) is 18.2. The van der Waals surface area contributed by atoms with E-state index in [9.17, 15) is 9.59 Å². The summed E-state index contributed by atoms with van der Waals surface area (Å²) in [5, 5.41) is 22.0. The van der Waals surface area contributed by atoms with Crippen molar-refractivity contribution in [3.05, 3.63) is 64.9 Å². The number of nitrogens with zero attached hydrogens (tertiary/aromatic N) is 2. The molecule has 0 atom stereocenters. The van der Waals surface area contributed by atoms with Gasteiger partial charge >= 0.3 is 6.03 Å². The smallest absolute Gasteiger partial charge is 0.317 e. The highest BCUT2D eigenvalue weighted by atomic mass is 16.5. The summed E-state index contributed by atoms with van der Waals surface area (Å²) in [6.45, 7) is 13.9. The third-order valence-electron chi connectivity index (χ3n) is 6.33. The van der Waals surface area contributed by atoms with Gasteiger partial charge in [-0.05, 0) is 68.0 Å². The van der Waals surface area contributed by atoms with Crippen LogP contribution in [-0.4, -0.2) is 60.2 Å². The molecule has 9 heteroatoms. The van der Waals surface area contributed by atoms with E-state index in [4.69, 9.17) is 15.6 Å². The van der Waals surface area contributed by atoms with Gasteiger partial charge in [0.15, 0.2) is 0 Å². The van der Waals surface area contributed by atoms with Gasteiger partial charge in [-0.2, -0.15) is 0 Å². The molecule has 0 bridgehead atoms. The Bertz CT molecular complexity index is 1120. The van der Waals surface area contributed by atoms with Crippen molar-refractivity contribution in [1.82, 2.24) is 20.4 Å². The first kappa shape index (κ1) is 30.3. The Morgan fingerprint density at radius 2 is 1.89 bits per heavy atom. The molecule has 1 fully saturated rings. The van der Waals surface area contributed by atoms with Crippen molar-refractivity contribution in [3.63, 3.8) is 0 Å². The number of amides is 3. The Balaban J connectivity index is 0.00000247. The van der Waals surface area contributed by atoms with Crippen LogP contribution in [0.4, 0.5) is 4.79 Å². The second-order valence-electron chi connectivity index (χ2n) is 8.92. The van der Waals surface area contributed by atoms with Gasteiger partial charge in [0.25, 0.3) is 5.91 Å². The number of likely N-dealkylation sites (tertiary alicyclic amines) is 1. The summed E-state index contributed by atoms with van der Waals surface area (Å²) in [6, 6.07) is 3.54. The number of hydrogen-bond acceptors (Lipinski definition) is 5. The van der Waals surface area contributed by atoms with Gasteiger partial charge in [-0.3, -0.25) is 15.6 Å². The summed E-state index contributed by atoms with van der Waals surface area (Å²) in [4.78, 5) is 28.7. The predicted molar refractivity (Wildman–Crippen MR) is 153 cm³/mol. The van der Waals surface area contributed by atoms with Gasteiger partial charge in [0.1, 0.15) is 17.4 Å². The topological polar surface area (TPSA) is 122 Å². The monoisotopic (exact) mass is 522 g/mol. The zero-order valence-electron chi connectivity index (χ0n) is 23.4. The van der Waals surface area contributed by atoms with Crippen LogP contribution >= 0.6 is 0 Å². The molecule has 4 N–H and O–H groups in total. The van der Waals surface area contributed by atoms with Gasteiger partial charge in [-0.15, -0.1) is 0 Å². The summed E-state index contributed by atoms with van der Waals surface area (Å²) in [6.07, 6.45) is 8.53. The number of nitrogens with one attached hydrogen (secondary N) is 4. The maximum absolute atomic E-state index is 13.0. The van der Waals surface area contributed by atoms with Gasteiger partial charge in [-0.25, -0.2) is 4.79 Å². The lowest BCUT2D eigenvalue weighted by Crippen LogP contribution is -2.42. The van der Waals surface area contributed by atoms with E-state index in [1.54, 1.807) is 34.1 Å². The average Bonchev–Trinajstić information content (AvgIpc) is 2.92. The first-order valence-electron chi connectivity index (χ1n) is 13.3. The lowest BCUT2D eigenvalue weighted by atomic mass is 9.96. The van der Waals surface area contributed by atoms with E-state index < -0.39 is 0 Å². The number of benzene rings is 1. The number of ether oxygens (including phenoxy) is 1. The van der Waals surface area contributed by atoms with Gasteiger partial charge in [-0.1, -0.05) is 32.6 Å². The number of fused-ring (bicyclic) bond motifs is 1. The van der Waals surface area contributed by atoms with E-state index in [0.29, 0.717) is 67.7 Å². The largest absolute Gasteiger partial charge is 0.496 e. The minimum Gasteiger partial charge on any atom is -0.496 e. The van der Waals surface area contributed by atoms with E-state index in [1.807, 2.05) is 33.8 Å². The Labute approximate surface area is 226 Å². The van der Waals surface area contributed by atoms with E-state index in [0.717, 1.165) is 29.5 Å². The van der Waals surface area contributed by atoms with E-state index in [2.05, 4.69) is 17.2 Å². The quantitative estimate of drug-likeness (QED) is 0.229. The Hall–Kier alpha value is -3.88. The van der Waals surface area contributed by atoms with Crippen molar-refractivity contribution in [3.8, 4) is 5.75 Å². The molecule has 9 nitrogen and oxygen atoms in total. The molecule has 2 heterocycles. The Kier molecular flexibility index (Phi) is 11.8. The average molecular weight is 523 g/mol. The number of carbonyl (C=O) groups is 2. The maximum atomic E-state index is 13.0. The number of hydrogen-bond donors (Lipinski definition) is 4. The van der Waals surface area contributed by atoms with E-state index >= 15 is 0 Å². The van der Waals surface area contributed by atoms with Crippen molar-refractivity contribution >= 4 is 23.6 Å². The zero-order chi connectivity index (χ0) is 28.2. The van der Waals surface area contributed by atoms with E-state index in [-0.39, 0.29) is 11.9 Å². The van der Waals surface area contributed by atoms with Crippen LogP contribution in [0.15, 0.2) is 48.2 Å². The van der Waals surface area contributed by atoms with Crippen LogP contribution in [0.5, 0.6) is 5.75 Å². The van der Waals surface area contributed by atoms with Gasteiger partial charge in [0.2, 0.25) is 0 Å². The summed E-state index contributed by atoms with van der Waals surface area (Å²) in [5.41, 5.74) is 3.48. The number of urea groups is 1. The third kappa shape index (κ3) is 7.81. The number of amidine groups is 2. The minimum atomic E-state index is -0.352. The Morgan fingerprint density at radius 1 is 1.16 bits per heavy atom. The molecule has 0 saturated carbocycles. The summed E-state index contributed by atoms with van der Waals surface area (Å²) >= 11 is 0. The van der Waals surface area contributed by atoms with Crippen LogP contribution in [-0.2, 0) is 13.0 Å². The number of rotatable bonds is 7. The molecule has 38 heavy (non-hydrogen) atoms. The van der Waals surface area contributed by atoms with Crippen LogP contribution in [0.25, 0.3) is 0 Å². The lowest BCUT2D eigenvalue weighted by molar-refractivity contribution is 0.0964. The zero-order valence-corrected chi connectivity index (χ0v) is 23.4. The highest BCUT2D eigenvalue weighted by Crippen LogP contribution is 2.28. The third-order valence-corrected chi connectivity index (χ3v) is 6.33. The SMILES string of the molecule is C=C(/C=C\C=C(/C)C(=N)N1CCCCC1=N)NC(=O)c1cc2c(cc1OC)CCN(C(=O)NCC)C2.CC. The molecule has 3 amide bonds. The molecule has 206 valence electrons. The fraction of sp³-hybridized carbons (Fsp3) is 0.448. The Morgan fingerprint density at radius 3 is 2.55 bits per heavy atom. The van der Waals surface area contributed by atoms with Crippen LogP contribution < -0.4 is 15.4 Å². The van der Waals surface area contributed by atoms with Crippen molar-refractivity contribution in [2.45, 2.75) is 59.9 Å². The fourth-order valence-corrected chi connectivity index (χ4v) is 4.30. The number of allylic oxidation sites excluding steroid dienone is 3. The van der Waals surface area contributed by atoms with Gasteiger partial charge in [0, 0.05) is 38.3 Å². The molecule has 1 aromatic rings. The first-order valence-corrected chi connectivity index (χ1v) is 13.3. The van der Waals surface area contributed by atoms with Crippen LogP contribution in [0.1, 0.15) is 68.4 Å². The molecule has 2 aliphatic heterocycles. The van der Waals surface area contributed by atoms with Crippen molar-refractivity contribution < 1.29 is 14.3 Å². The van der Waals surface area contributed by atoms with Crippen LogP contribution in [0.3, 0.4) is 0 Å². The minimum absolute atomic E-state index is 0.114. The molecule has 0 radical (unpaired) electrons. The van der Waals surface area contributed by atoms with Crippen molar-refractivity contribution in [1.29, 1.82) is 10.8 Å². The molecule has 0 aliphatic carbocycles. The summed E-state index contributed by atoms with van der Waals surface area (Å²) in [5.74, 6) is 0.921. The summed E-state index contributed by atoms with van der Waals surface area (Å²) in [7, 11) is 1.53. The molecular formula is C29H42N6O3. The van der Waals surface area contributed by atoms with Gasteiger partial charge in [0.05, 0.1) is 12.7 Å². The van der Waals surface area contributed by atoms with Crippen LogP contribution in [0, 0.1) is 10.8 Å². The van der Waals surface area contributed by atoms with Crippen LogP contribution in [0.2, 0.25) is 0 Å². The highest BCUT2D eigenvalue weighted by Gasteiger charge is 2.24. The lowest BCUT2D eigenvalue weighted by Gasteiger charge is -2.29. The van der Waals surface area contributed by atoms with Gasteiger partial charge < -0.3 is 25.2 Å². The molecule has 2 aliphatic rings. The molecule has 1 saturated heterocycles. The number of methoxy groups -OCH3 is 1.